The summed E-state index contributed by atoms with van der Waals surface area (Å²) in [6, 6.07) is 3.41. The number of nitrogens with two attached hydrogens (primary N) is 1. The maximum atomic E-state index is 12.0. The van der Waals surface area contributed by atoms with Crippen LogP contribution in [0, 0.1) is 5.92 Å². The standard InChI is InChI=1S/C19H29BrN2O3/c20-17-12-15(19(24)25-10-9-23)11-16(18(17)21)13-22-8-4-7-14-5-2-1-3-6-14/h11-12,14,22-23H,1-10,13,21H2. The van der Waals surface area contributed by atoms with Gasteiger partial charge in [-0.2, -0.15) is 0 Å². The van der Waals surface area contributed by atoms with Gasteiger partial charge in [0.1, 0.15) is 6.61 Å². The van der Waals surface area contributed by atoms with Crippen molar-refractivity contribution >= 4 is 27.6 Å². The molecule has 0 heterocycles. The third-order valence-electron chi connectivity index (χ3n) is 4.78. The number of esters is 1. The summed E-state index contributed by atoms with van der Waals surface area (Å²) in [4.78, 5) is 12.0. The van der Waals surface area contributed by atoms with Crippen molar-refractivity contribution in [2.45, 2.75) is 51.5 Å². The molecule has 4 N–H and O–H groups in total. The van der Waals surface area contributed by atoms with Gasteiger partial charge in [-0.25, -0.2) is 4.79 Å². The number of nitrogen functional groups attached to an aromatic ring is 1. The van der Waals surface area contributed by atoms with Crippen LogP contribution in [0.4, 0.5) is 5.69 Å². The summed E-state index contributed by atoms with van der Waals surface area (Å²) in [6.07, 6.45) is 9.42. The summed E-state index contributed by atoms with van der Waals surface area (Å²) >= 11 is 3.40. The number of anilines is 1. The molecular weight excluding hydrogens is 384 g/mol. The highest BCUT2D eigenvalue weighted by molar-refractivity contribution is 9.10. The summed E-state index contributed by atoms with van der Waals surface area (Å²) in [6.45, 7) is 1.38. The number of hydrogen-bond donors (Lipinski definition) is 3. The molecule has 0 amide bonds. The number of carbonyl (C=O) groups is 1. The number of benzene rings is 1. The highest BCUT2D eigenvalue weighted by Gasteiger charge is 2.14. The summed E-state index contributed by atoms with van der Waals surface area (Å²) in [7, 11) is 0. The maximum Gasteiger partial charge on any atom is 0.338 e. The van der Waals surface area contributed by atoms with E-state index < -0.39 is 5.97 Å². The van der Waals surface area contributed by atoms with E-state index in [1.165, 1.54) is 44.9 Å². The fourth-order valence-corrected chi connectivity index (χ4v) is 3.88. The molecule has 1 aromatic carbocycles. The number of halogens is 1. The van der Waals surface area contributed by atoms with Crippen molar-refractivity contribution in [3.05, 3.63) is 27.7 Å². The van der Waals surface area contributed by atoms with Crippen LogP contribution in [0.2, 0.25) is 0 Å². The predicted molar refractivity (Wildman–Crippen MR) is 103 cm³/mol. The lowest BCUT2D eigenvalue weighted by Gasteiger charge is -2.21. The second-order valence-corrected chi connectivity index (χ2v) is 7.57. The molecule has 1 fully saturated rings. The van der Waals surface area contributed by atoms with E-state index in [0.29, 0.717) is 22.3 Å². The first-order chi connectivity index (χ1) is 12.1. The Hall–Kier alpha value is -1.11. The van der Waals surface area contributed by atoms with Gasteiger partial charge in [0, 0.05) is 11.0 Å². The Kier molecular flexibility index (Phi) is 8.72. The van der Waals surface area contributed by atoms with Crippen molar-refractivity contribution in [1.29, 1.82) is 0 Å². The van der Waals surface area contributed by atoms with Gasteiger partial charge in [0.05, 0.1) is 17.9 Å². The van der Waals surface area contributed by atoms with Crippen molar-refractivity contribution in [3.8, 4) is 0 Å². The molecule has 6 heteroatoms. The lowest BCUT2D eigenvalue weighted by atomic mass is 9.86. The van der Waals surface area contributed by atoms with Gasteiger partial charge in [-0.3, -0.25) is 0 Å². The van der Waals surface area contributed by atoms with Gasteiger partial charge in [0.15, 0.2) is 0 Å². The average Bonchev–Trinajstić information content (AvgIpc) is 2.63. The second-order valence-electron chi connectivity index (χ2n) is 6.71. The molecule has 1 aliphatic carbocycles. The van der Waals surface area contributed by atoms with E-state index in [0.717, 1.165) is 18.0 Å². The number of nitrogens with one attached hydrogen (secondary N) is 1. The van der Waals surface area contributed by atoms with Crippen LogP contribution < -0.4 is 11.1 Å². The van der Waals surface area contributed by atoms with Gasteiger partial charge in [-0.15, -0.1) is 0 Å². The van der Waals surface area contributed by atoms with Crippen LogP contribution in [0.25, 0.3) is 0 Å². The molecule has 0 aromatic heterocycles. The smallest absolute Gasteiger partial charge is 0.338 e. The third kappa shape index (κ3) is 6.60. The zero-order chi connectivity index (χ0) is 18.1. The van der Waals surface area contributed by atoms with Crippen molar-refractivity contribution in [1.82, 2.24) is 5.32 Å². The third-order valence-corrected chi connectivity index (χ3v) is 5.44. The van der Waals surface area contributed by atoms with E-state index >= 15 is 0 Å². The first kappa shape index (κ1) is 20.2. The van der Waals surface area contributed by atoms with E-state index in [-0.39, 0.29) is 13.2 Å². The highest BCUT2D eigenvalue weighted by Crippen LogP contribution is 2.28. The predicted octanol–water partition coefficient (Wildman–Crippen LogP) is 3.63. The van der Waals surface area contributed by atoms with Crippen molar-refractivity contribution in [3.63, 3.8) is 0 Å². The molecular formula is C19H29BrN2O3. The minimum atomic E-state index is -0.451. The van der Waals surface area contributed by atoms with Crippen LogP contribution in [0.15, 0.2) is 16.6 Å². The minimum Gasteiger partial charge on any atom is -0.460 e. The van der Waals surface area contributed by atoms with Crippen LogP contribution in [0.3, 0.4) is 0 Å². The molecule has 140 valence electrons. The Morgan fingerprint density at radius 3 is 2.80 bits per heavy atom. The normalized spacial score (nSPS) is 15.3. The summed E-state index contributed by atoms with van der Waals surface area (Å²) in [5, 5.41) is 12.2. The molecule has 0 radical (unpaired) electrons. The highest BCUT2D eigenvalue weighted by atomic mass is 79.9. The fraction of sp³-hybridized carbons (Fsp3) is 0.632. The number of rotatable bonds is 9. The van der Waals surface area contributed by atoms with Gasteiger partial charge in [-0.05, 0) is 58.9 Å². The molecule has 2 rings (SSSR count). The molecule has 1 aromatic rings. The van der Waals surface area contributed by atoms with Gasteiger partial charge < -0.3 is 20.9 Å². The van der Waals surface area contributed by atoms with Gasteiger partial charge >= 0.3 is 5.97 Å². The SMILES string of the molecule is Nc1c(Br)cc(C(=O)OCCO)cc1CNCCCC1CCCCC1. The number of ether oxygens (including phenoxy) is 1. The first-order valence-corrected chi connectivity index (χ1v) is 9.97. The molecule has 1 saturated carbocycles. The number of carbonyl (C=O) groups excluding carboxylic acids is 1. The van der Waals surface area contributed by atoms with Gasteiger partial charge in [0.2, 0.25) is 0 Å². The monoisotopic (exact) mass is 412 g/mol. The Morgan fingerprint density at radius 2 is 2.08 bits per heavy atom. The number of hydrogen-bond acceptors (Lipinski definition) is 5. The topological polar surface area (TPSA) is 84.6 Å². The van der Waals surface area contributed by atoms with E-state index in [4.69, 9.17) is 15.6 Å². The molecule has 25 heavy (non-hydrogen) atoms. The maximum absolute atomic E-state index is 12.0. The van der Waals surface area contributed by atoms with Gasteiger partial charge in [-0.1, -0.05) is 32.1 Å². The second kappa shape index (κ2) is 10.8. The Bertz CT molecular complexity index is 560. The Labute approximate surface area is 158 Å². The molecule has 0 unspecified atom stereocenters. The molecule has 0 saturated heterocycles. The quantitative estimate of drug-likeness (QED) is 0.327. The van der Waals surface area contributed by atoms with Crippen LogP contribution in [0.1, 0.15) is 60.9 Å². The zero-order valence-electron chi connectivity index (χ0n) is 14.7. The lowest BCUT2D eigenvalue weighted by Crippen LogP contribution is -2.18. The number of aliphatic hydroxyl groups is 1. The molecule has 0 spiro atoms. The van der Waals surface area contributed by atoms with Crippen LogP contribution in [-0.2, 0) is 11.3 Å². The van der Waals surface area contributed by atoms with Crippen molar-refractivity contribution in [2.24, 2.45) is 5.92 Å². The average molecular weight is 413 g/mol. The number of aliphatic hydroxyl groups excluding tert-OH is 1. The fourth-order valence-electron chi connectivity index (χ4n) is 3.38. The Balaban J connectivity index is 1.81. The molecule has 1 aliphatic rings. The first-order valence-electron chi connectivity index (χ1n) is 9.18. The zero-order valence-corrected chi connectivity index (χ0v) is 16.3. The largest absolute Gasteiger partial charge is 0.460 e. The van der Waals surface area contributed by atoms with Crippen LogP contribution >= 0.6 is 15.9 Å². The molecule has 0 aliphatic heterocycles. The summed E-state index contributed by atoms with van der Waals surface area (Å²) in [5.41, 5.74) is 8.06. The summed E-state index contributed by atoms with van der Waals surface area (Å²) in [5.74, 6) is 0.452. The van der Waals surface area contributed by atoms with E-state index in [1.54, 1.807) is 12.1 Å². The van der Waals surface area contributed by atoms with Crippen LogP contribution in [0.5, 0.6) is 0 Å². The molecule has 0 bridgehead atoms. The Morgan fingerprint density at radius 1 is 1.32 bits per heavy atom. The van der Waals surface area contributed by atoms with E-state index in [1.807, 2.05) is 0 Å². The molecule has 0 atom stereocenters. The lowest BCUT2D eigenvalue weighted by molar-refractivity contribution is 0.0433. The van der Waals surface area contributed by atoms with E-state index in [9.17, 15) is 4.79 Å². The van der Waals surface area contributed by atoms with Crippen LogP contribution in [-0.4, -0.2) is 30.8 Å². The summed E-state index contributed by atoms with van der Waals surface area (Å²) < 4.78 is 5.65. The van der Waals surface area contributed by atoms with Crippen molar-refractivity contribution < 1.29 is 14.6 Å². The van der Waals surface area contributed by atoms with Gasteiger partial charge in [0.25, 0.3) is 0 Å². The molecule has 5 nitrogen and oxygen atoms in total. The van der Waals surface area contributed by atoms with Crippen molar-refractivity contribution in [2.75, 3.05) is 25.5 Å². The van der Waals surface area contributed by atoms with E-state index in [2.05, 4.69) is 21.2 Å². The minimum absolute atomic E-state index is 0.00439.